The van der Waals surface area contributed by atoms with E-state index in [9.17, 15) is 0 Å². The van der Waals surface area contributed by atoms with E-state index >= 15 is 0 Å². The highest BCUT2D eigenvalue weighted by Gasteiger charge is 2.05. The van der Waals surface area contributed by atoms with Gasteiger partial charge in [0.1, 0.15) is 5.75 Å². The Balaban J connectivity index is 2.74. The summed E-state index contributed by atoms with van der Waals surface area (Å²) in [5.74, 6) is 0.768. The van der Waals surface area contributed by atoms with Gasteiger partial charge in [-0.15, -0.1) is 0 Å². The molecule has 3 nitrogen and oxygen atoms in total. The second-order valence-corrected chi connectivity index (χ2v) is 4.43. The van der Waals surface area contributed by atoms with Gasteiger partial charge in [0.05, 0.1) is 11.8 Å². The fourth-order valence-electron chi connectivity index (χ4n) is 1.12. The Kier molecular flexibility index (Phi) is 4.78. The maximum atomic E-state index is 5.89. The third kappa shape index (κ3) is 3.64. The van der Waals surface area contributed by atoms with Crippen LogP contribution in [0.15, 0.2) is 23.1 Å². The lowest BCUT2D eigenvalue weighted by molar-refractivity contribution is 0.218. The van der Waals surface area contributed by atoms with Crippen molar-refractivity contribution in [1.29, 1.82) is 0 Å². The van der Waals surface area contributed by atoms with Gasteiger partial charge < -0.3 is 10.5 Å². The first-order valence-corrected chi connectivity index (χ1v) is 5.88. The van der Waals surface area contributed by atoms with Gasteiger partial charge in [-0.05, 0) is 50.5 Å². The van der Waals surface area contributed by atoms with Gasteiger partial charge in [0.15, 0.2) is 0 Å². The molecule has 3 N–H and O–H groups in total. The molecule has 0 saturated heterocycles. The lowest BCUT2D eigenvalue weighted by Gasteiger charge is -2.14. The van der Waals surface area contributed by atoms with Gasteiger partial charge in [-0.3, -0.25) is 4.72 Å². The highest BCUT2D eigenvalue weighted by atomic mass is 32.2. The summed E-state index contributed by atoms with van der Waals surface area (Å²) in [5, 5.41) is 0. The summed E-state index contributed by atoms with van der Waals surface area (Å²) in [6.07, 6.45) is 1.18. The Morgan fingerprint density at radius 1 is 1.53 bits per heavy atom. The summed E-state index contributed by atoms with van der Waals surface area (Å²) in [4.78, 5) is 1.09. The molecule has 1 aromatic rings. The molecule has 1 aromatic carbocycles. The molecular weight excluding hydrogens is 208 g/mol. The molecule has 0 aromatic heterocycles. The number of hydrogen-bond donors (Lipinski definition) is 2. The largest absolute Gasteiger partial charge is 0.489 e. The van der Waals surface area contributed by atoms with Crippen LogP contribution in [0.25, 0.3) is 0 Å². The third-order valence-corrected chi connectivity index (χ3v) is 2.80. The van der Waals surface area contributed by atoms with Gasteiger partial charge >= 0.3 is 0 Å². The van der Waals surface area contributed by atoms with Crippen LogP contribution in [0.5, 0.6) is 5.75 Å². The van der Waals surface area contributed by atoms with E-state index in [0.29, 0.717) is 5.69 Å². The van der Waals surface area contributed by atoms with Crippen molar-refractivity contribution < 1.29 is 4.74 Å². The van der Waals surface area contributed by atoms with E-state index in [1.165, 1.54) is 11.9 Å². The van der Waals surface area contributed by atoms with Gasteiger partial charge in [0.2, 0.25) is 0 Å². The van der Waals surface area contributed by atoms with Crippen molar-refractivity contribution >= 4 is 17.6 Å². The van der Waals surface area contributed by atoms with Gasteiger partial charge in [-0.25, -0.2) is 0 Å². The number of hydrogen-bond acceptors (Lipinski definition) is 4. The maximum absolute atomic E-state index is 5.89. The summed E-state index contributed by atoms with van der Waals surface area (Å²) in [6.45, 7) is 4.13. The highest BCUT2D eigenvalue weighted by Crippen LogP contribution is 2.27. The van der Waals surface area contributed by atoms with Crippen molar-refractivity contribution in [2.24, 2.45) is 0 Å². The molecule has 0 aliphatic rings. The van der Waals surface area contributed by atoms with Crippen LogP contribution in [0, 0.1) is 0 Å². The molecule has 4 heteroatoms. The Hall–Kier alpha value is -0.870. The predicted molar refractivity (Wildman–Crippen MR) is 66.2 cm³/mol. The van der Waals surface area contributed by atoms with E-state index in [0.717, 1.165) is 17.1 Å². The van der Waals surface area contributed by atoms with E-state index < -0.39 is 0 Å². The van der Waals surface area contributed by atoms with Crippen LogP contribution in [0.3, 0.4) is 0 Å². The number of ether oxygens (including phenoxy) is 1. The number of benzene rings is 1. The summed E-state index contributed by atoms with van der Waals surface area (Å²) in [7, 11) is 1.88. The number of anilines is 1. The van der Waals surface area contributed by atoms with Crippen LogP contribution >= 0.6 is 11.9 Å². The summed E-state index contributed by atoms with van der Waals surface area (Å²) in [5.41, 5.74) is 6.58. The minimum absolute atomic E-state index is 0.204. The molecule has 1 unspecified atom stereocenters. The maximum Gasteiger partial charge on any atom is 0.142 e. The first-order valence-electron chi connectivity index (χ1n) is 5.07. The van der Waals surface area contributed by atoms with Gasteiger partial charge in [0.25, 0.3) is 0 Å². The lowest BCUT2D eigenvalue weighted by atomic mass is 10.3. The second-order valence-electron chi connectivity index (χ2n) is 3.34. The van der Waals surface area contributed by atoms with Crippen LogP contribution in [-0.4, -0.2) is 13.2 Å². The van der Waals surface area contributed by atoms with E-state index in [2.05, 4.69) is 11.6 Å². The van der Waals surface area contributed by atoms with Crippen LogP contribution < -0.4 is 15.2 Å². The molecule has 0 heterocycles. The first-order chi connectivity index (χ1) is 7.17. The zero-order chi connectivity index (χ0) is 11.3. The number of nitrogens with one attached hydrogen (secondary N) is 1. The molecule has 1 rings (SSSR count). The summed E-state index contributed by atoms with van der Waals surface area (Å²) < 4.78 is 8.68. The minimum Gasteiger partial charge on any atom is -0.489 e. The quantitative estimate of drug-likeness (QED) is 0.598. The van der Waals surface area contributed by atoms with Crippen molar-refractivity contribution in [3.8, 4) is 5.75 Å². The van der Waals surface area contributed by atoms with Crippen molar-refractivity contribution in [2.45, 2.75) is 31.3 Å². The second kappa shape index (κ2) is 5.88. The average molecular weight is 226 g/mol. The van der Waals surface area contributed by atoms with Crippen molar-refractivity contribution in [1.82, 2.24) is 4.72 Å². The van der Waals surface area contributed by atoms with Crippen molar-refractivity contribution in [2.75, 3.05) is 12.8 Å². The average Bonchev–Trinajstić information content (AvgIpc) is 2.22. The molecule has 0 fully saturated rings. The molecule has 0 aliphatic carbocycles. The number of nitrogen functional groups attached to an aromatic ring is 1. The van der Waals surface area contributed by atoms with Crippen molar-refractivity contribution in [3.05, 3.63) is 18.2 Å². The van der Waals surface area contributed by atoms with Crippen molar-refractivity contribution in [3.63, 3.8) is 0 Å². The Bertz CT molecular complexity index is 317. The normalized spacial score (nSPS) is 12.5. The van der Waals surface area contributed by atoms with Gasteiger partial charge in [-0.1, -0.05) is 6.92 Å². The molecule has 84 valence electrons. The number of nitrogens with two attached hydrogens (primary N) is 1. The Morgan fingerprint density at radius 2 is 2.27 bits per heavy atom. The Labute approximate surface area is 95.5 Å². The molecule has 0 spiro atoms. The fourth-order valence-corrected chi connectivity index (χ4v) is 1.67. The third-order valence-electron chi connectivity index (χ3n) is 2.10. The molecule has 0 saturated carbocycles. The molecule has 0 amide bonds. The van der Waals surface area contributed by atoms with E-state index in [1.54, 1.807) is 0 Å². The fraction of sp³-hybridized carbons (Fsp3) is 0.455. The molecular formula is C11H18N2OS. The molecule has 1 atom stereocenters. The smallest absolute Gasteiger partial charge is 0.142 e. The van der Waals surface area contributed by atoms with Crippen LogP contribution in [0.1, 0.15) is 20.3 Å². The van der Waals surface area contributed by atoms with Crippen LogP contribution in [0.2, 0.25) is 0 Å². The molecule has 0 radical (unpaired) electrons. The van der Waals surface area contributed by atoms with E-state index in [1.807, 2.05) is 32.2 Å². The molecule has 15 heavy (non-hydrogen) atoms. The van der Waals surface area contributed by atoms with Gasteiger partial charge in [0, 0.05) is 4.90 Å². The van der Waals surface area contributed by atoms with E-state index in [4.69, 9.17) is 10.5 Å². The van der Waals surface area contributed by atoms with Crippen LogP contribution in [0.4, 0.5) is 5.69 Å². The minimum atomic E-state index is 0.204. The number of rotatable bonds is 5. The topological polar surface area (TPSA) is 47.3 Å². The molecule has 0 bridgehead atoms. The summed E-state index contributed by atoms with van der Waals surface area (Å²) >= 11 is 1.54. The zero-order valence-electron chi connectivity index (χ0n) is 9.41. The first kappa shape index (κ1) is 12.2. The monoisotopic (exact) mass is 226 g/mol. The molecule has 0 aliphatic heterocycles. The van der Waals surface area contributed by atoms with E-state index in [-0.39, 0.29) is 6.10 Å². The zero-order valence-corrected chi connectivity index (χ0v) is 10.2. The SMILES string of the molecule is CCC(C)Oc1ccc(SNC)cc1N. The highest BCUT2D eigenvalue weighted by molar-refractivity contribution is 7.97. The standard InChI is InChI=1S/C11H18N2OS/c1-4-8(2)14-11-6-5-9(15-13-3)7-10(11)12/h5-8,13H,4,12H2,1-3H3. The van der Waals surface area contributed by atoms with Crippen LogP contribution in [-0.2, 0) is 0 Å². The summed E-state index contributed by atoms with van der Waals surface area (Å²) in [6, 6.07) is 5.83. The lowest BCUT2D eigenvalue weighted by Crippen LogP contribution is -2.11. The van der Waals surface area contributed by atoms with Gasteiger partial charge in [-0.2, -0.15) is 0 Å². The Morgan fingerprint density at radius 3 is 2.80 bits per heavy atom. The predicted octanol–water partition coefficient (Wildman–Crippen LogP) is 2.67.